The zero-order chi connectivity index (χ0) is 22.9. The summed E-state index contributed by atoms with van der Waals surface area (Å²) >= 11 is 0. The molecule has 0 aliphatic carbocycles. The van der Waals surface area contributed by atoms with Gasteiger partial charge in [-0.25, -0.2) is 0 Å². The highest BCUT2D eigenvalue weighted by Crippen LogP contribution is 2.24. The summed E-state index contributed by atoms with van der Waals surface area (Å²) in [5, 5.41) is 4.32. The Hall–Kier alpha value is -2.38. The van der Waals surface area contributed by atoms with Crippen molar-refractivity contribution in [3.63, 3.8) is 0 Å². The van der Waals surface area contributed by atoms with E-state index in [-0.39, 0.29) is 5.91 Å². The number of carbonyl (C=O) groups excluding carboxylic acids is 1. The number of nitrogens with zero attached hydrogens (tertiary/aromatic N) is 5. The molecule has 0 N–H and O–H groups in total. The predicted molar refractivity (Wildman–Crippen MR) is 128 cm³/mol. The van der Waals surface area contributed by atoms with Gasteiger partial charge in [-0.2, -0.15) is 5.10 Å². The Morgan fingerprint density at radius 1 is 1.22 bits per heavy atom. The van der Waals surface area contributed by atoms with E-state index in [1.54, 1.807) is 13.3 Å². The molecule has 32 heavy (non-hydrogen) atoms. The molecular weight excluding hydrogens is 402 g/mol. The highest BCUT2D eigenvalue weighted by atomic mass is 16.5. The van der Waals surface area contributed by atoms with E-state index in [0.29, 0.717) is 18.9 Å². The fourth-order valence-corrected chi connectivity index (χ4v) is 4.46. The van der Waals surface area contributed by atoms with E-state index in [0.717, 1.165) is 50.7 Å². The fraction of sp³-hybridized carbons (Fsp3) is 0.600. The summed E-state index contributed by atoms with van der Waals surface area (Å²) in [6.45, 7) is 8.15. The lowest BCUT2D eigenvalue weighted by atomic mass is 9.96. The molecule has 1 fully saturated rings. The molecule has 7 heteroatoms. The molecule has 1 amide bonds. The normalized spacial score (nSPS) is 17.0. The number of benzene rings is 1. The Labute approximate surface area is 192 Å². The van der Waals surface area contributed by atoms with Gasteiger partial charge in [0.25, 0.3) is 0 Å². The zero-order valence-electron chi connectivity index (χ0n) is 20.2. The van der Waals surface area contributed by atoms with Crippen molar-refractivity contribution in [3.8, 4) is 5.75 Å². The van der Waals surface area contributed by atoms with Gasteiger partial charge in [0.15, 0.2) is 0 Å². The summed E-state index contributed by atoms with van der Waals surface area (Å²) < 4.78 is 7.45. The number of aromatic nitrogens is 2. The number of likely N-dealkylation sites (N-methyl/N-ethyl adjacent to an activating group) is 1. The van der Waals surface area contributed by atoms with Crippen molar-refractivity contribution >= 4 is 5.91 Å². The number of likely N-dealkylation sites (tertiary alicyclic amines) is 1. The monoisotopic (exact) mass is 441 g/mol. The summed E-state index contributed by atoms with van der Waals surface area (Å²) in [6.07, 6.45) is 4.63. The third-order valence-electron chi connectivity index (χ3n) is 6.30. The molecule has 1 aliphatic rings. The van der Waals surface area contributed by atoms with Gasteiger partial charge in [-0.3, -0.25) is 14.4 Å². The second kappa shape index (κ2) is 12.0. The predicted octanol–water partition coefficient (Wildman–Crippen LogP) is 2.89. The van der Waals surface area contributed by atoms with Crippen LogP contribution in [-0.4, -0.2) is 84.3 Å². The van der Waals surface area contributed by atoms with Crippen LogP contribution in [0, 0.1) is 12.8 Å². The highest BCUT2D eigenvalue weighted by molar-refractivity contribution is 5.76. The lowest BCUT2D eigenvalue weighted by Gasteiger charge is -2.36. The van der Waals surface area contributed by atoms with Crippen LogP contribution in [0.3, 0.4) is 0 Å². The molecule has 1 saturated heterocycles. The zero-order valence-corrected chi connectivity index (χ0v) is 20.2. The molecule has 0 bridgehead atoms. The molecule has 0 unspecified atom stereocenters. The molecule has 3 rings (SSSR count). The van der Waals surface area contributed by atoms with Crippen LogP contribution >= 0.6 is 0 Å². The van der Waals surface area contributed by atoms with Crippen LogP contribution in [0.15, 0.2) is 36.5 Å². The maximum atomic E-state index is 13.1. The number of methoxy groups -OCH3 is 1. The van der Waals surface area contributed by atoms with Crippen molar-refractivity contribution in [2.75, 3.05) is 53.9 Å². The van der Waals surface area contributed by atoms with E-state index in [1.165, 1.54) is 18.4 Å². The number of carbonyl (C=O) groups is 1. The van der Waals surface area contributed by atoms with Crippen LogP contribution in [-0.2, 0) is 17.9 Å². The number of rotatable bonds is 11. The molecule has 2 aromatic rings. The third kappa shape index (κ3) is 7.07. The topological polar surface area (TPSA) is 53.8 Å². The number of hydrogen-bond acceptors (Lipinski definition) is 5. The van der Waals surface area contributed by atoms with Crippen molar-refractivity contribution in [1.29, 1.82) is 0 Å². The minimum Gasteiger partial charge on any atom is -0.496 e. The quantitative estimate of drug-likeness (QED) is 0.537. The van der Waals surface area contributed by atoms with Crippen molar-refractivity contribution in [2.45, 2.75) is 39.3 Å². The average Bonchev–Trinajstić information content (AvgIpc) is 3.20. The van der Waals surface area contributed by atoms with Gasteiger partial charge >= 0.3 is 0 Å². The lowest BCUT2D eigenvalue weighted by molar-refractivity contribution is -0.132. The standard InChI is InChI=1S/C25H39N5O2/c1-21-11-13-26-30(21)15-12-25(31)29(17-16-27(2)3)19-22-8-7-14-28(18-22)20-23-9-5-6-10-24(23)32-4/h5-6,9-11,13,22H,7-8,12,14-20H2,1-4H3/t22-/m0/s1. The molecule has 176 valence electrons. The Bertz CT molecular complexity index is 850. The van der Waals surface area contributed by atoms with E-state index in [1.807, 2.05) is 29.8 Å². The van der Waals surface area contributed by atoms with Crippen LogP contribution in [0.2, 0.25) is 0 Å². The van der Waals surface area contributed by atoms with E-state index < -0.39 is 0 Å². The third-order valence-corrected chi connectivity index (χ3v) is 6.30. The van der Waals surface area contributed by atoms with Crippen LogP contribution in [0.25, 0.3) is 0 Å². The number of aryl methyl sites for hydroxylation is 2. The van der Waals surface area contributed by atoms with Crippen LogP contribution in [0.5, 0.6) is 5.75 Å². The second-order valence-electron chi connectivity index (χ2n) is 9.14. The Morgan fingerprint density at radius 2 is 2.03 bits per heavy atom. The Morgan fingerprint density at radius 3 is 2.75 bits per heavy atom. The van der Waals surface area contributed by atoms with Crippen LogP contribution < -0.4 is 4.74 Å². The maximum Gasteiger partial charge on any atom is 0.224 e. The molecule has 0 spiro atoms. The van der Waals surface area contributed by atoms with E-state index in [2.05, 4.69) is 46.0 Å². The van der Waals surface area contributed by atoms with Crippen LogP contribution in [0.4, 0.5) is 0 Å². The highest BCUT2D eigenvalue weighted by Gasteiger charge is 2.25. The maximum absolute atomic E-state index is 13.1. The molecule has 1 aromatic heterocycles. The Kier molecular flexibility index (Phi) is 9.11. The first-order valence-corrected chi connectivity index (χ1v) is 11.7. The summed E-state index contributed by atoms with van der Waals surface area (Å²) in [7, 11) is 5.85. The van der Waals surface area contributed by atoms with Crippen molar-refractivity contribution < 1.29 is 9.53 Å². The van der Waals surface area contributed by atoms with Crippen molar-refractivity contribution in [1.82, 2.24) is 24.5 Å². The van der Waals surface area contributed by atoms with E-state index >= 15 is 0 Å². The van der Waals surface area contributed by atoms with Gasteiger partial charge in [0.1, 0.15) is 5.75 Å². The van der Waals surface area contributed by atoms with Gasteiger partial charge in [-0.1, -0.05) is 18.2 Å². The number of amides is 1. The molecule has 7 nitrogen and oxygen atoms in total. The van der Waals surface area contributed by atoms with Gasteiger partial charge in [0.05, 0.1) is 7.11 Å². The first-order valence-electron chi connectivity index (χ1n) is 11.7. The van der Waals surface area contributed by atoms with Gasteiger partial charge in [-0.05, 0) is 58.5 Å². The number of piperidine rings is 1. The van der Waals surface area contributed by atoms with Gasteiger partial charge in [0, 0.05) is 63.1 Å². The first kappa shape index (κ1) is 24.3. The average molecular weight is 442 g/mol. The molecule has 1 aliphatic heterocycles. The molecular formula is C25H39N5O2. The van der Waals surface area contributed by atoms with Gasteiger partial charge in [0.2, 0.25) is 5.91 Å². The first-order chi connectivity index (χ1) is 15.5. The summed E-state index contributed by atoms with van der Waals surface area (Å²) in [5.41, 5.74) is 2.32. The molecule has 0 saturated carbocycles. The molecule has 2 heterocycles. The van der Waals surface area contributed by atoms with Crippen LogP contribution in [0.1, 0.15) is 30.5 Å². The summed E-state index contributed by atoms with van der Waals surface area (Å²) in [4.78, 5) is 19.9. The van der Waals surface area contributed by atoms with Crippen molar-refractivity contribution in [2.24, 2.45) is 5.92 Å². The smallest absolute Gasteiger partial charge is 0.224 e. The largest absolute Gasteiger partial charge is 0.496 e. The fourth-order valence-electron chi connectivity index (χ4n) is 4.46. The van der Waals surface area contributed by atoms with E-state index in [9.17, 15) is 4.79 Å². The number of ether oxygens (including phenoxy) is 1. The van der Waals surface area contributed by atoms with Gasteiger partial charge < -0.3 is 14.5 Å². The minimum absolute atomic E-state index is 0.226. The minimum atomic E-state index is 0.226. The number of hydrogen-bond donors (Lipinski definition) is 0. The summed E-state index contributed by atoms with van der Waals surface area (Å²) in [5.74, 6) is 1.67. The lowest BCUT2D eigenvalue weighted by Crippen LogP contribution is -2.44. The second-order valence-corrected chi connectivity index (χ2v) is 9.14. The summed E-state index contributed by atoms with van der Waals surface area (Å²) in [6, 6.07) is 10.2. The Balaban J connectivity index is 1.58. The van der Waals surface area contributed by atoms with Gasteiger partial charge in [-0.15, -0.1) is 0 Å². The molecule has 0 radical (unpaired) electrons. The molecule has 1 aromatic carbocycles. The van der Waals surface area contributed by atoms with Crippen molar-refractivity contribution in [3.05, 3.63) is 47.8 Å². The van der Waals surface area contributed by atoms with E-state index in [4.69, 9.17) is 4.74 Å². The SMILES string of the molecule is COc1ccccc1CN1CCC[C@H](CN(CCN(C)C)C(=O)CCn2nccc2C)C1. The molecule has 1 atom stereocenters. The number of para-hydroxylation sites is 1.